The first-order valence-corrected chi connectivity index (χ1v) is 9.92. The summed E-state index contributed by atoms with van der Waals surface area (Å²) in [5.74, 6) is -0.0790. The summed E-state index contributed by atoms with van der Waals surface area (Å²) in [6, 6.07) is 6.54. The zero-order valence-electron chi connectivity index (χ0n) is 17.9. The molecule has 0 aliphatic carbocycles. The molecule has 0 saturated carbocycles. The Bertz CT molecular complexity index is 1230. The Labute approximate surface area is 183 Å². The molecule has 1 saturated heterocycles. The molecule has 1 amide bonds. The largest absolute Gasteiger partial charge is 0.493 e. The van der Waals surface area contributed by atoms with Crippen molar-refractivity contribution >= 4 is 16.9 Å². The smallest absolute Gasteiger partial charge is 0.254 e. The number of carbonyl (C=O) groups is 1. The summed E-state index contributed by atoms with van der Waals surface area (Å²) in [6.45, 7) is 1.60. The van der Waals surface area contributed by atoms with Gasteiger partial charge in [0, 0.05) is 30.8 Å². The van der Waals surface area contributed by atoms with Crippen LogP contribution in [0.25, 0.3) is 22.3 Å². The van der Waals surface area contributed by atoms with Crippen molar-refractivity contribution in [2.45, 2.75) is 0 Å². The molecule has 0 bridgehead atoms. The molecule has 0 unspecified atom stereocenters. The summed E-state index contributed by atoms with van der Waals surface area (Å²) in [5, 5.41) is 0.164. The normalized spacial score (nSPS) is 13.8. The standard InChI is InChI=1S/C23H22FNO7/c1-28-19-12-18-20(22(30-3)21(19)29-2)16(26)11-17(32-18)14-5-4-13(24)10-15(14)23(27)25-6-8-31-9-7-25/h4-5,10-12H,6-9H2,1-3H3. The van der Waals surface area contributed by atoms with E-state index in [9.17, 15) is 14.0 Å². The molecule has 0 N–H and O–H groups in total. The summed E-state index contributed by atoms with van der Waals surface area (Å²) < 4.78 is 41.4. The fourth-order valence-electron chi connectivity index (χ4n) is 3.76. The highest BCUT2D eigenvalue weighted by atomic mass is 19.1. The molecule has 1 aliphatic heterocycles. The van der Waals surface area contributed by atoms with Gasteiger partial charge in [-0.3, -0.25) is 9.59 Å². The van der Waals surface area contributed by atoms with E-state index in [2.05, 4.69) is 0 Å². The minimum Gasteiger partial charge on any atom is -0.493 e. The number of hydrogen-bond acceptors (Lipinski definition) is 7. The van der Waals surface area contributed by atoms with Gasteiger partial charge < -0.3 is 28.3 Å². The number of benzene rings is 2. The summed E-state index contributed by atoms with van der Waals surface area (Å²) in [7, 11) is 4.29. The lowest BCUT2D eigenvalue weighted by Gasteiger charge is -2.27. The van der Waals surface area contributed by atoms with Crippen molar-refractivity contribution in [1.82, 2.24) is 4.90 Å². The van der Waals surface area contributed by atoms with Crippen LogP contribution < -0.4 is 19.6 Å². The maximum absolute atomic E-state index is 14.1. The van der Waals surface area contributed by atoms with Crippen LogP contribution in [-0.2, 0) is 4.74 Å². The molecule has 0 radical (unpaired) electrons. The third kappa shape index (κ3) is 3.75. The molecule has 1 fully saturated rings. The van der Waals surface area contributed by atoms with Gasteiger partial charge in [-0.05, 0) is 18.2 Å². The van der Waals surface area contributed by atoms with Gasteiger partial charge in [0.2, 0.25) is 5.75 Å². The lowest BCUT2D eigenvalue weighted by molar-refractivity contribution is 0.0303. The number of nitrogens with zero attached hydrogens (tertiary/aromatic N) is 1. The summed E-state index contributed by atoms with van der Waals surface area (Å²) in [6.07, 6.45) is 0. The highest BCUT2D eigenvalue weighted by Gasteiger charge is 2.25. The van der Waals surface area contributed by atoms with Crippen LogP contribution in [0.1, 0.15) is 10.4 Å². The van der Waals surface area contributed by atoms with Gasteiger partial charge in [-0.1, -0.05) is 0 Å². The second-order valence-corrected chi connectivity index (χ2v) is 7.09. The van der Waals surface area contributed by atoms with Gasteiger partial charge in [0.1, 0.15) is 22.5 Å². The number of fused-ring (bicyclic) bond motifs is 1. The number of hydrogen-bond donors (Lipinski definition) is 0. The zero-order chi connectivity index (χ0) is 22.8. The van der Waals surface area contributed by atoms with E-state index in [0.29, 0.717) is 37.6 Å². The van der Waals surface area contributed by atoms with Gasteiger partial charge in [-0.15, -0.1) is 0 Å². The monoisotopic (exact) mass is 443 g/mol. The van der Waals surface area contributed by atoms with E-state index in [1.165, 1.54) is 45.6 Å². The minimum absolute atomic E-state index is 0.0989. The summed E-state index contributed by atoms with van der Waals surface area (Å²) in [4.78, 5) is 27.7. The van der Waals surface area contributed by atoms with Gasteiger partial charge in [-0.2, -0.15) is 0 Å². The number of methoxy groups -OCH3 is 3. The van der Waals surface area contributed by atoms with E-state index in [0.717, 1.165) is 6.07 Å². The van der Waals surface area contributed by atoms with E-state index in [-0.39, 0.29) is 39.7 Å². The van der Waals surface area contributed by atoms with E-state index in [4.69, 9.17) is 23.4 Å². The number of amides is 1. The average Bonchev–Trinajstić information content (AvgIpc) is 2.82. The fourth-order valence-corrected chi connectivity index (χ4v) is 3.76. The van der Waals surface area contributed by atoms with Gasteiger partial charge >= 0.3 is 0 Å². The molecule has 2 heterocycles. The molecular formula is C23H22FNO7. The van der Waals surface area contributed by atoms with Gasteiger partial charge in [-0.25, -0.2) is 4.39 Å². The number of carbonyl (C=O) groups excluding carboxylic acids is 1. The van der Waals surface area contributed by atoms with Gasteiger partial charge in [0.05, 0.1) is 40.1 Å². The molecule has 0 atom stereocenters. The maximum Gasteiger partial charge on any atom is 0.254 e. The van der Waals surface area contributed by atoms with Crippen LogP contribution in [-0.4, -0.2) is 58.4 Å². The van der Waals surface area contributed by atoms with Crippen molar-refractivity contribution in [2.24, 2.45) is 0 Å². The molecule has 1 aromatic heterocycles. The first-order chi connectivity index (χ1) is 15.5. The average molecular weight is 443 g/mol. The Hall–Kier alpha value is -3.59. The highest BCUT2D eigenvalue weighted by Crippen LogP contribution is 2.43. The molecule has 4 rings (SSSR count). The van der Waals surface area contributed by atoms with Crippen LogP contribution in [0, 0.1) is 5.82 Å². The van der Waals surface area contributed by atoms with Crippen molar-refractivity contribution < 1.29 is 32.5 Å². The second-order valence-electron chi connectivity index (χ2n) is 7.09. The first-order valence-electron chi connectivity index (χ1n) is 9.92. The lowest BCUT2D eigenvalue weighted by Crippen LogP contribution is -2.40. The third-order valence-electron chi connectivity index (χ3n) is 5.30. The quantitative estimate of drug-likeness (QED) is 0.599. The molecule has 3 aromatic rings. The third-order valence-corrected chi connectivity index (χ3v) is 5.30. The first kappa shape index (κ1) is 21.6. The highest BCUT2D eigenvalue weighted by molar-refractivity contribution is 6.01. The van der Waals surface area contributed by atoms with Crippen molar-refractivity contribution in [3.63, 3.8) is 0 Å². The molecular weight excluding hydrogens is 421 g/mol. The SMILES string of the molecule is COc1cc2oc(-c3ccc(F)cc3C(=O)N3CCOCC3)cc(=O)c2c(OC)c1OC. The summed E-state index contributed by atoms with van der Waals surface area (Å²) in [5.41, 5.74) is 0.168. The van der Waals surface area contributed by atoms with Crippen LogP contribution in [0.5, 0.6) is 17.2 Å². The Morgan fingerprint density at radius 3 is 2.38 bits per heavy atom. The summed E-state index contributed by atoms with van der Waals surface area (Å²) >= 11 is 0. The van der Waals surface area contributed by atoms with E-state index < -0.39 is 11.2 Å². The molecule has 32 heavy (non-hydrogen) atoms. The molecule has 0 spiro atoms. The van der Waals surface area contributed by atoms with E-state index in [1.807, 2.05) is 0 Å². The molecule has 9 heteroatoms. The van der Waals surface area contributed by atoms with Crippen molar-refractivity contribution in [1.29, 1.82) is 0 Å². The Morgan fingerprint density at radius 2 is 1.72 bits per heavy atom. The van der Waals surface area contributed by atoms with Gasteiger partial charge in [0.25, 0.3) is 5.91 Å². The van der Waals surface area contributed by atoms with Crippen molar-refractivity contribution in [3.05, 3.63) is 51.9 Å². The molecule has 1 aliphatic rings. The van der Waals surface area contributed by atoms with Crippen LogP contribution in [0.4, 0.5) is 4.39 Å². The van der Waals surface area contributed by atoms with Crippen LogP contribution in [0.15, 0.2) is 39.5 Å². The molecule has 2 aromatic carbocycles. The zero-order valence-corrected chi connectivity index (χ0v) is 17.9. The number of halogens is 1. The van der Waals surface area contributed by atoms with Crippen molar-refractivity contribution in [2.75, 3.05) is 47.6 Å². The number of ether oxygens (including phenoxy) is 4. The Kier molecular flexibility index (Phi) is 6.00. The Morgan fingerprint density at radius 1 is 1.00 bits per heavy atom. The maximum atomic E-state index is 14.1. The number of rotatable bonds is 5. The predicted octanol–water partition coefficient (Wildman–Crippen LogP) is 3.10. The Balaban J connectivity index is 1.91. The fraction of sp³-hybridized carbons (Fsp3) is 0.304. The second kappa shape index (κ2) is 8.88. The number of morpholine rings is 1. The topological polar surface area (TPSA) is 87.4 Å². The van der Waals surface area contributed by atoms with Crippen LogP contribution in [0.3, 0.4) is 0 Å². The van der Waals surface area contributed by atoms with Crippen LogP contribution >= 0.6 is 0 Å². The van der Waals surface area contributed by atoms with Crippen LogP contribution in [0.2, 0.25) is 0 Å². The lowest BCUT2D eigenvalue weighted by atomic mass is 10.0. The van der Waals surface area contributed by atoms with Crippen molar-refractivity contribution in [3.8, 4) is 28.6 Å². The molecule has 168 valence electrons. The minimum atomic E-state index is -0.568. The van der Waals surface area contributed by atoms with E-state index in [1.54, 1.807) is 4.90 Å². The predicted molar refractivity (Wildman–Crippen MR) is 114 cm³/mol. The molecule has 8 nitrogen and oxygen atoms in total. The van der Waals surface area contributed by atoms with E-state index >= 15 is 0 Å². The van der Waals surface area contributed by atoms with Gasteiger partial charge in [0.15, 0.2) is 16.9 Å².